The Morgan fingerprint density at radius 2 is 1.67 bits per heavy atom. The van der Waals surface area contributed by atoms with Gasteiger partial charge in [-0.15, -0.1) is 0 Å². The van der Waals surface area contributed by atoms with E-state index in [1.165, 1.54) is 0 Å². The number of para-hydroxylation sites is 2. The number of benzene rings is 3. The molecule has 1 atom stereocenters. The van der Waals surface area contributed by atoms with Crippen LogP contribution in [0, 0.1) is 0 Å². The van der Waals surface area contributed by atoms with Crippen molar-refractivity contribution in [1.29, 1.82) is 0 Å². The van der Waals surface area contributed by atoms with Gasteiger partial charge in [0.25, 0.3) is 5.91 Å². The number of carbonyl (C=O) groups excluding carboxylic acids is 2. The van der Waals surface area contributed by atoms with Crippen molar-refractivity contribution < 1.29 is 14.0 Å². The standard InChI is InChI=1S/C27H25N3O3/c31-26(30-15-14-23(18-30)28-21-7-2-1-3-8-21)16-19-10-12-22(13-11-19)29-27(32)25-17-20-6-4-5-9-24(20)33-25/h1-13,17,23,28H,14-16,18H2,(H,29,32). The summed E-state index contributed by atoms with van der Waals surface area (Å²) in [5.41, 5.74) is 3.34. The molecule has 2 N–H and O–H groups in total. The summed E-state index contributed by atoms with van der Waals surface area (Å²) in [6, 6.07) is 27.0. The molecule has 1 aliphatic heterocycles. The lowest BCUT2D eigenvalue weighted by Gasteiger charge is -2.18. The lowest BCUT2D eigenvalue weighted by atomic mass is 10.1. The number of hydrogen-bond acceptors (Lipinski definition) is 4. The average Bonchev–Trinajstić information content (AvgIpc) is 3.48. The van der Waals surface area contributed by atoms with Crippen LogP contribution in [-0.2, 0) is 11.2 Å². The van der Waals surface area contributed by atoms with Crippen molar-refractivity contribution >= 4 is 34.2 Å². The second-order valence-corrected chi connectivity index (χ2v) is 8.31. The van der Waals surface area contributed by atoms with Crippen LogP contribution >= 0.6 is 0 Å². The van der Waals surface area contributed by atoms with E-state index in [2.05, 4.69) is 10.6 Å². The molecule has 3 aromatic carbocycles. The van der Waals surface area contributed by atoms with E-state index in [0.29, 0.717) is 24.2 Å². The molecule has 33 heavy (non-hydrogen) atoms. The first kappa shape index (κ1) is 20.8. The Balaban J connectivity index is 1.14. The number of furan rings is 1. The van der Waals surface area contributed by atoms with Gasteiger partial charge in [0.05, 0.1) is 6.42 Å². The molecule has 0 radical (unpaired) electrons. The number of anilines is 2. The van der Waals surface area contributed by atoms with E-state index in [4.69, 9.17) is 4.42 Å². The summed E-state index contributed by atoms with van der Waals surface area (Å²) in [6.45, 7) is 1.47. The van der Waals surface area contributed by atoms with Crippen molar-refractivity contribution in [3.05, 3.63) is 96.3 Å². The number of nitrogens with one attached hydrogen (secondary N) is 2. The summed E-state index contributed by atoms with van der Waals surface area (Å²) in [4.78, 5) is 27.2. The molecule has 6 heteroatoms. The fourth-order valence-electron chi connectivity index (χ4n) is 4.15. The minimum atomic E-state index is -0.302. The molecular formula is C27H25N3O3. The van der Waals surface area contributed by atoms with E-state index in [-0.39, 0.29) is 23.6 Å². The van der Waals surface area contributed by atoms with Crippen molar-refractivity contribution in [2.75, 3.05) is 23.7 Å². The molecule has 4 aromatic rings. The highest BCUT2D eigenvalue weighted by Crippen LogP contribution is 2.21. The minimum Gasteiger partial charge on any atom is -0.451 e. The molecule has 2 amide bonds. The first-order chi connectivity index (χ1) is 16.1. The number of likely N-dealkylation sites (tertiary alicyclic amines) is 1. The van der Waals surface area contributed by atoms with E-state index in [1.807, 2.05) is 83.8 Å². The summed E-state index contributed by atoms with van der Waals surface area (Å²) in [5, 5.41) is 7.23. The van der Waals surface area contributed by atoms with Crippen LogP contribution in [0.4, 0.5) is 11.4 Å². The van der Waals surface area contributed by atoms with Crippen molar-refractivity contribution in [2.24, 2.45) is 0 Å². The molecule has 1 aromatic heterocycles. The van der Waals surface area contributed by atoms with Gasteiger partial charge in [0.2, 0.25) is 5.91 Å². The molecule has 1 aliphatic rings. The number of fused-ring (bicyclic) bond motifs is 1. The zero-order valence-electron chi connectivity index (χ0n) is 18.2. The molecule has 0 saturated carbocycles. The third-order valence-electron chi connectivity index (χ3n) is 5.90. The van der Waals surface area contributed by atoms with E-state index in [9.17, 15) is 9.59 Å². The highest BCUT2D eigenvalue weighted by molar-refractivity contribution is 6.04. The van der Waals surface area contributed by atoms with Crippen molar-refractivity contribution in [1.82, 2.24) is 4.90 Å². The Morgan fingerprint density at radius 3 is 2.45 bits per heavy atom. The largest absolute Gasteiger partial charge is 0.451 e. The molecule has 166 valence electrons. The topological polar surface area (TPSA) is 74.6 Å². The maximum absolute atomic E-state index is 12.8. The third-order valence-corrected chi connectivity index (χ3v) is 5.90. The third kappa shape index (κ3) is 4.90. The zero-order chi connectivity index (χ0) is 22.6. The van der Waals surface area contributed by atoms with Gasteiger partial charge >= 0.3 is 0 Å². The van der Waals surface area contributed by atoms with Crippen LogP contribution in [0.3, 0.4) is 0 Å². The summed E-state index contributed by atoms with van der Waals surface area (Å²) in [5.74, 6) is 0.0821. The second kappa shape index (κ2) is 9.20. The number of nitrogens with zero attached hydrogens (tertiary/aromatic N) is 1. The van der Waals surface area contributed by atoms with Gasteiger partial charge in [0, 0.05) is 35.9 Å². The Kier molecular flexibility index (Phi) is 5.81. The van der Waals surface area contributed by atoms with Crippen LogP contribution in [0.25, 0.3) is 11.0 Å². The van der Waals surface area contributed by atoms with E-state index >= 15 is 0 Å². The van der Waals surface area contributed by atoms with E-state index in [1.54, 1.807) is 6.07 Å². The van der Waals surface area contributed by atoms with Gasteiger partial charge in [-0.05, 0) is 48.4 Å². The van der Waals surface area contributed by atoms with E-state index in [0.717, 1.165) is 29.6 Å². The van der Waals surface area contributed by atoms with Crippen LogP contribution < -0.4 is 10.6 Å². The minimum absolute atomic E-state index is 0.117. The first-order valence-electron chi connectivity index (χ1n) is 11.1. The molecular weight excluding hydrogens is 414 g/mol. The number of carbonyl (C=O) groups is 2. The van der Waals surface area contributed by atoms with Crippen LogP contribution in [0.5, 0.6) is 0 Å². The summed E-state index contributed by atoms with van der Waals surface area (Å²) in [6.07, 6.45) is 1.28. The van der Waals surface area contributed by atoms with Gasteiger partial charge < -0.3 is 20.0 Å². The average molecular weight is 440 g/mol. The quantitative estimate of drug-likeness (QED) is 0.446. The Labute approximate surface area is 192 Å². The molecule has 0 spiro atoms. The predicted octanol–water partition coefficient (Wildman–Crippen LogP) is 4.94. The van der Waals surface area contributed by atoms with Crippen LogP contribution in [-0.4, -0.2) is 35.8 Å². The SMILES string of the molecule is O=C(Nc1ccc(CC(=O)N2CCC(Nc3ccccc3)C2)cc1)c1cc2ccccc2o1. The van der Waals surface area contributed by atoms with Gasteiger partial charge in [0.15, 0.2) is 5.76 Å². The highest BCUT2D eigenvalue weighted by atomic mass is 16.3. The number of hydrogen-bond donors (Lipinski definition) is 2. The molecule has 1 unspecified atom stereocenters. The molecule has 5 rings (SSSR count). The van der Waals surface area contributed by atoms with Gasteiger partial charge in [-0.3, -0.25) is 9.59 Å². The molecule has 0 bridgehead atoms. The van der Waals surface area contributed by atoms with Gasteiger partial charge in [-0.2, -0.15) is 0 Å². The maximum Gasteiger partial charge on any atom is 0.291 e. The number of amides is 2. The van der Waals surface area contributed by atoms with Crippen LogP contribution in [0.1, 0.15) is 22.5 Å². The predicted molar refractivity (Wildman–Crippen MR) is 129 cm³/mol. The van der Waals surface area contributed by atoms with Crippen LogP contribution in [0.15, 0.2) is 89.3 Å². The van der Waals surface area contributed by atoms with Crippen molar-refractivity contribution in [2.45, 2.75) is 18.9 Å². The van der Waals surface area contributed by atoms with Gasteiger partial charge in [-0.1, -0.05) is 48.5 Å². The van der Waals surface area contributed by atoms with Crippen LogP contribution in [0.2, 0.25) is 0 Å². The van der Waals surface area contributed by atoms with Gasteiger partial charge in [0.1, 0.15) is 5.58 Å². The number of rotatable bonds is 6. The summed E-state index contributed by atoms with van der Waals surface area (Å²) < 4.78 is 5.61. The molecule has 1 fully saturated rings. The van der Waals surface area contributed by atoms with Crippen molar-refractivity contribution in [3.8, 4) is 0 Å². The smallest absolute Gasteiger partial charge is 0.291 e. The maximum atomic E-state index is 12.8. The second-order valence-electron chi connectivity index (χ2n) is 8.31. The molecule has 6 nitrogen and oxygen atoms in total. The Morgan fingerprint density at radius 1 is 0.909 bits per heavy atom. The fourth-order valence-corrected chi connectivity index (χ4v) is 4.15. The van der Waals surface area contributed by atoms with Crippen molar-refractivity contribution in [3.63, 3.8) is 0 Å². The fraction of sp³-hybridized carbons (Fsp3) is 0.185. The Hall–Kier alpha value is -4.06. The van der Waals surface area contributed by atoms with E-state index < -0.39 is 0 Å². The molecule has 2 heterocycles. The Bertz CT molecular complexity index is 1230. The lowest BCUT2D eigenvalue weighted by Crippen LogP contribution is -2.32. The normalized spacial score (nSPS) is 15.5. The molecule has 1 saturated heterocycles. The zero-order valence-corrected chi connectivity index (χ0v) is 18.2. The molecule has 0 aliphatic carbocycles. The highest BCUT2D eigenvalue weighted by Gasteiger charge is 2.26. The summed E-state index contributed by atoms with van der Waals surface area (Å²) >= 11 is 0. The summed E-state index contributed by atoms with van der Waals surface area (Å²) in [7, 11) is 0. The monoisotopic (exact) mass is 439 g/mol. The lowest BCUT2D eigenvalue weighted by molar-refractivity contribution is -0.129. The van der Waals surface area contributed by atoms with Gasteiger partial charge in [-0.25, -0.2) is 0 Å². The first-order valence-corrected chi connectivity index (χ1v) is 11.1.